The van der Waals surface area contributed by atoms with Crippen molar-refractivity contribution in [2.75, 3.05) is 13.6 Å². The fraction of sp³-hybridized carbons (Fsp3) is 0.667. The van der Waals surface area contributed by atoms with Gasteiger partial charge in [0.2, 0.25) is 0 Å². The molecule has 2 heterocycles. The number of fused-ring (bicyclic) bond motifs is 4. The summed E-state index contributed by atoms with van der Waals surface area (Å²) in [6, 6.07) is 2.89. The highest BCUT2D eigenvalue weighted by molar-refractivity contribution is 7.14. The second-order valence-corrected chi connectivity index (χ2v) is 7.41. The van der Waals surface area contributed by atoms with E-state index in [1.807, 2.05) is 18.3 Å². The Balaban J connectivity index is 2.10. The smallest absolute Gasteiger partial charge is 0.0936 e. The van der Waals surface area contributed by atoms with Crippen LogP contribution in [0.5, 0.6) is 0 Å². The summed E-state index contributed by atoms with van der Waals surface area (Å²) in [5, 5.41) is 12.3. The van der Waals surface area contributed by atoms with E-state index < -0.39 is 0 Å². The lowest BCUT2D eigenvalue weighted by Crippen LogP contribution is -2.56. The van der Waals surface area contributed by atoms with E-state index in [1.165, 1.54) is 23.4 Å². The molecule has 1 N–H and O–H groups in total. The van der Waals surface area contributed by atoms with Gasteiger partial charge in [-0.25, -0.2) is 0 Å². The van der Waals surface area contributed by atoms with Crippen LogP contribution in [0.2, 0.25) is 0 Å². The summed E-state index contributed by atoms with van der Waals surface area (Å²) in [6.45, 7) is 7.88. The normalized spacial score (nSPS) is 35.3. The number of thiophene rings is 1. The average Bonchev–Trinajstić information content (AvgIpc) is 2.82. The van der Waals surface area contributed by atoms with E-state index in [0.717, 1.165) is 17.0 Å². The highest BCUT2D eigenvalue weighted by Crippen LogP contribution is 2.51. The van der Waals surface area contributed by atoms with Gasteiger partial charge < -0.3 is 10.1 Å². The van der Waals surface area contributed by atoms with Crippen molar-refractivity contribution < 1.29 is 5.21 Å². The lowest BCUT2D eigenvalue weighted by Gasteiger charge is -2.52. The lowest BCUT2D eigenvalue weighted by atomic mass is 9.62. The topological polar surface area (TPSA) is 35.8 Å². The molecule has 1 aromatic heterocycles. The molecule has 0 saturated carbocycles. The molecule has 104 valence electrons. The molecule has 0 amide bonds. The summed E-state index contributed by atoms with van der Waals surface area (Å²) in [4.78, 5) is 5.16. The van der Waals surface area contributed by atoms with Crippen LogP contribution < -0.4 is 0 Å². The van der Waals surface area contributed by atoms with Crippen LogP contribution in [-0.2, 0) is 11.8 Å². The minimum Gasteiger partial charge on any atom is -0.411 e. The van der Waals surface area contributed by atoms with Crippen LogP contribution in [0.4, 0.5) is 0 Å². The van der Waals surface area contributed by atoms with Gasteiger partial charge in [0.25, 0.3) is 0 Å². The Morgan fingerprint density at radius 1 is 1.58 bits per heavy atom. The third-order valence-electron chi connectivity index (χ3n) is 5.40. The van der Waals surface area contributed by atoms with E-state index in [-0.39, 0.29) is 0 Å². The van der Waals surface area contributed by atoms with Crippen LogP contribution in [0, 0.1) is 5.92 Å². The number of rotatable bonds is 1. The zero-order valence-electron chi connectivity index (χ0n) is 12.1. The number of likely N-dealkylation sites (N-methyl/N-ethyl adjacent to an activating group) is 1. The first-order chi connectivity index (χ1) is 8.97. The standard InChI is InChI=1S/C15H22N2OS/c1-9-12-7-11-8-13(10(2)16-18)19-14(11)15(9,3)5-6-17(12)4/h8-9,12,18H,5-7H2,1-4H3/b16-10+/t9-,12?,15+/m0/s1. The first kappa shape index (κ1) is 13.1. The number of likely N-dealkylation sites (tertiary alicyclic amines) is 1. The molecule has 3 nitrogen and oxygen atoms in total. The molecule has 2 aliphatic rings. The second kappa shape index (κ2) is 4.32. The molecule has 19 heavy (non-hydrogen) atoms. The fourth-order valence-electron chi connectivity index (χ4n) is 3.78. The van der Waals surface area contributed by atoms with Crippen molar-refractivity contribution in [3.63, 3.8) is 0 Å². The lowest BCUT2D eigenvalue weighted by molar-refractivity contribution is 0.0532. The average molecular weight is 278 g/mol. The van der Waals surface area contributed by atoms with Crippen LogP contribution in [-0.4, -0.2) is 35.5 Å². The molecule has 4 heteroatoms. The molecule has 1 unspecified atom stereocenters. The summed E-state index contributed by atoms with van der Waals surface area (Å²) in [7, 11) is 2.25. The SMILES string of the molecule is C/C(=N\O)c1cc2c(s1)[C@]1(C)CCN(C)C(C2)[C@@H]1C. The van der Waals surface area contributed by atoms with Gasteiger partial charge in [-0.3, -0.25) is 0 Å². The van der Waals surface area contributed by atoms with Crippen LogP contribution in [0.1, 0.15) is 42.5 Å². The van der Waals surface area contributed by atoms with E-state index >= 15 is 0 Å². The molecule has 3 rings (SSSR count). The molecule has 1 saturated heterocycles. The summed E-state index contributed by atoms with van der Waals surface area (Å²) in [6.07, 6.45) is 2.36. The molecule has 0 spiro atoms. The van der Waals surface area contributed by atoms with Crippen molar-refractivity contribution in [1.29, 1.82) is 0 Å². The maximum atomic E-state index is 8.98. The monoisotopic (exact) mass is 278 g/mol. The van der Waals surface area contributed by atoms with Gasteiger partial charge in [-0.1, -0.05) is 19.0 Å². The van der Waals surface area contributed by atoms with Gasteiger partial charge in [-0.15, -0.1) is 11.3 Å². The summed E-state index contributed by atoms with van der Waals surface area (Å²) >= 11 is 1.83. The molecule has 0 radical (unpaired) electrons. The maximum Gasteiger partial charge on any atom is 0.0936 e. The Kier molecular flexibility index (Phi) is 2.98. The Bertz CT molecular complexity index is 536. The Morgan fingerprint density at radius 2 is 2.32 bits per heavy atom. The van der Waals surface area contributed by atoms with E-state index in [0.29, 0.717) is 17.4 Å². The van der Waals surface area contributed by atoms with Crippen molar-refractivity contribution in [1.82, 2.24) is 4.90 Å². The molecule has 1 aliphatic carbocycles. The van der Waals surface area contributed by atoms with Crippen LogP contribution >= 0.6 is 11.3 Å². The summed E-state index contributed by atoms with van der Waals surface area (Å²) in [5.74, 6) is 0.691. The van der Waals surface area contributed by atoms with Gasteiger partial charge in [0.15, 0.2) is 0 Å². The van der Waals surface area contributed by atoms with Crippen LogP contribution in [0.3, 0.4) is 0 Å². The molecule has 0 aromatic carbocycles. The van der Waals surface area contributed by atoms with Crippen molar-refractivity contribution in [2.45, 2.75) is 45.1 Å². The summed E-state index contributed by atoms with van der Waals surface area (Å²) in [5.41, 5.74) is 2.50. The largest absolute Gasteiger partial charge is 0.411 e. The predicted octanol–water partition coefficient (Wildman–Crippen LogP) is 3.10. The zero-order chi connectivity index (χ0) is 13.8. The molecular weight excluding hydrogens is 256 g/mol. The van der Waals surface area contributed by atoms with Gasteiger partial charge in [-0.2, -0.15) is 0 Å². The van der Waals surface area contributed by atoms with Crippen molar-refractivity contribution in [3.05, 3.63) is 21.4 Å². The molecule has 1 aromatic rings. The van der Waals surface area contributed by atoms with Crippen molar-refractivity contribution in [3.8, 4) is 0 Å². The van der Waals surface area contributed by atoms with Gasteiger partial charge >= 0.3 is 0 Å². The number of hydrogen-bond donors (Lipinski definition) is 1. The highest BCUT2D eigenvalue weighted by Gasteiger charge is 2.48. The minimum absolute atomic E-state index is 0.295. The maximum absolute atomic E-state index is 8.98. The second-order valence-electron chi connectivity index (χ2n) is 6.36. The molecular formula is C15H22N2OS. The Morgan fingerprint density at radius 3 is 3.00 bits per heavy atom. The molecule has 1 aliphatic heterocycles. The minimum atomic E-state index is 0.295. The Hall–Kier alpha value is -0.870. The van der Waals surface area contributed by atoms with Crippen LogP contribution in [0.15, 0.2) is 11.2 Å². The van der Waals surface area contributed by atoms with E-state index in [9.17, 15) is 0 Å². The third kappa shape index (κ3) is 1.77. The Labute approximate surface area is 118 Å². The summed E-state index contributed by atoms with van der Waals surface area (Å²) < 4.78 is 0. The van der Waals surface area contributed by atoms with E-state index in [2.05, 4.69) is 37.0 Å². The van der Waals surface area contributed by atoms with Crippen molar-refractivity contribution in [2.24, 2.45) is 11.1 Å². The van der Waals surface area contributed by atoms with Crippen LogP contribution in [0.25, 0.3) is 0 Å². The quantitative estimate of drug-likeness (QED) is 0.487. The van der Waals surface area contributed by atoms with Gasteiger partial charge in [0.1, 0.15) is 0 Å². The first-order valence-electron chi connectivity index (χ1n) is 7.00. The van der Waals surface area contributed by atoms with Gasteiger partial charge in [0, 0.05) is 16.3 Å². The van der Waals surface area contributed by atoms with Gasteiger partial charge in [-0.05, 0) is 50.9 Å². The van der Waals surface area contributed by atoms with E-state index in [4.69, 9.17) is 5.21 Å². The fourth-order valence-corrected chi connectivity index (χ4v) is 5.18. The number of piperidine rings is 1. The van der Waals surface area contributed by atoms with Crippen molar-refractivity contribution >= 4 is 17.0 Å². The number of oxime groups is 1. The number of hydrogen-bond acceptors (Lipinski definition) is 4. The zero-order valence-corrected chi connectivity index (χ0v) is 12.9. The molecule has 3 atom stereocenters. The molecule has 2 bridgehead atoms. The molecule has 1 fully saturated rings. The predicted molar refractivity (Wildman–Crippen MR) is 79.6 cm³/mol. The highest BCUT2D eigenvalue weighted by atomic mass is 32.1. The third-order valence-corrected chi connectivity index (χ3v) is 6.96. The van der Waals surface area contributed by atoms with Gasteiger partial charge in [0.05, 0.1) is 10.6 Å². The van der Waals surface area contributed by atoms with E-state index in [1.54, 1.807) is 0 Å². The first-order valence-corrected chi connectivity index (χ1v) is 7.81. The number of nitrogens with zero attached hydrogens (tertiary/aromatic N) is 2.